The molecule has 0 spiro atoms. The molecule has 8 nitrogen and oxygen atoms in total. The van der Waals surface area contributed by atoms with Crippen molar-refractivity contribution in [2.75, 3.05) is 13.4 Å². The SMILES string of the molecule is CCCCCC(=O)OCOC(=O)C1N2C(=O)CC2SC1(C)COC(C)=O. The number of unbranched alkanes of at least 4 members (excludes halogenated alkanes) is 2. The van der Waals surface area contributed by atoms with Crippen molar-refractivity contribution in [2.24, 2.45) is 0 Å². The summed E-state index contributed by atoms with van der Waals surface area (Å²) < 4.78 is 14.3. The Kier molecular flexibility index (Phi) is 6.91. The highest BCUT2D eigenvalue weighted by Gasteiger charge is 2.61. The quantitative estimate of drug-likeness (QED) is 0.255. The molecule has 26 heavy (non-hydrogen) atoms. The average Bonchev–Trinajstić information content (AvgIpc) is 2.81. The highest BCUT2D eigenvalue weighted by molar-refractivity contribution is 8.01. The number of esters is 3. The molecule has 2 heterocycles. The van der Waals surface area contributed by atoms with Crippen LogP contribution in [-0.2, 0) is 33.4 Å². The van der Waals surface area contributed by atoms with Crippen LogP contribution >= 0.6 is 11.8 Å². The van der Waals surface area contributed by atoms with Crippen molar-refractivity contribution in [1.82, 2.24) is 4.90 Å². The van der Waals surface area contributed by atoms with Crippen LogP contribution in [0.4, 0.5) is 0 Å². The molecule has 0 aliphatic carbocycles. The number of hydrogen-bond donors (Lipinski definition) is 0. The Balaban J connectivity index is 1.90. The number of β-lactam (4-membered cyclic amide) rings is 1. The number of nitrogens with zero attached hydrogens (tertiary/aromatic N) is 1. The summed E-state index contributed by atoms with van der Waals surface area (Å²) in [5, 5.41) is -0.128. The Labute approximate surface area is 156 Å². The van der Waals surface area contributed by atoms with Gasteiger partial charge < -0.3 is 19.1 Å². The molecule has 2 aliphatic heterocycles. The topological polar surface area (TPSA) is 99.2 Å². The third-order valence-corrected chi connectivity index (χ3v) is 5.95. The first-order chi connectivity index (χ1) is 12.3. The van der Waals surface area contributed by atoms with Crippen LogP contribution in [0.25, 0.3) is 0 Å². The van der Waals surface area contributed by atoms with Gasteiger partial charge in [0.1, 0.15) is 12.6 Å². The predicted molar refractivity (Wildman–Crippen MR) is 92.9 cm³/mol. The first-order valence-electron chi connectivity index (χ1n) is 8.73. The number of carbonyl (C=O) groups is 4. The van der Waals surface area contributed by atoms with Gasteiger partial charge in [0, 0.05) is 13.3 Å². The van der Waals surface area contributed by atoms with Crippen LogP contribution < -0.4 is 0 Å². The molecule has 0 aromatic heterocycles. The van der Waals surface area contributed by atoms with Crippen LogP contribution in [0, 0.1) is 0 Å². The average molecular weight is 387 g/mol. The fraction of sp³-hybridized carbons (Fsp3) is 0.765. The molecule has 2 rings (SSSR count). The maximum atomic E-state index is 12.5. The van der Waals surface area contributed by atoms with Gasteiger partial charge in [-0.1, -0.05) is 19.8 Å². The molecule has 0 aromatic rings. The van der Waals surface area contributed by atoms with E-state index in [0.29, 0.717) is 6.42 Å². The van der Waals surface area contributed by atoms with Gasteiger partial charge in [0.15, 0.2) is 0 Å². The molecule has 0 radical (unpaired) electrons. The summed E-state index contributed by atoms with van der Waals surface area (Å²) in [4.78, 5) is 48.6. The number of amides is 1. The summed E-state index contributed by atoms with van der Waals surface area (Å²) in [6, 6.07) is -0.878. The summed E-state index contributed by atoms with van der Waals surface area (Å²) in [6.07, 6.45) is 3.28. The van der Waals surface area contributed by atoms with Crippen molar-refractivity contribution in [3.05, 3.63) is 0 Å². The van der Waals surface area contributed by atoms with Crippen LogP contribution in [0.1, 0.15) is 52.9 Å². The molecule has 0 N–H and O–H groups in total. The van der Waals surface area contributed by atoms with Gasteiger partial charge in [-0.2, -0.15) is 0 Å². The zero-order valence-corrected chi connectivity index (χ0v) is 16.1. The second-order valence-electron chi connectivity index (χ2n) is 6.63. The van der Waals surface area contributed by atoms with E-state index in [2.05, 4.69) is 0 Å². The summed E-state index contributed by atoms with van der Waals surface area (Å²) in [6.45, 7) is 4.58. The Morgan fingerprint density at radius 1 is 1.23 bits per heavy atom. The second-order valence-corrected chi connectivity index (χ2v) is 8.34. The number of fused-ring (bicyclic) bond motifs is 1. The molecule has 3 unspecified atom stereocenters. The van der Waals surface area contributed by atoms with Gasteiger partial charge in [-0.3, -0.25) is 14.4 Å². The van der Waals surface area contributed by atoms with E-state index in [9.17, 15) is 19.2 Å². The van der Waals surface area contributed by atoms with Gasteiger partial charge in [-0.25, -0.2) is 4.79 Å². The molecule has 2 fully saturated rings. The normalized spacial score (nSPS) is 26.7. The molecule has 2 saturated heterocycles. The minimum atomic E-state index is -0.878. The second kappa shape index (κ2) is 8.75. The number of ether oxygens (including phenoxy) is 3. The van der Waals surface area contributed by atoms with Gasteiger partial charge in [-0.15, -0.1) is 11.8 Å². The monoisotopic (exact) mass is 387 g/mol. The molecule has 9 heteroatoms. The third-order valence-electron chi connectivity index (χ3n) is 4.40. The van der Waals surface area contributed by atoms with Crippen molar-refractivity contribution in [2.45, 2.75) is 69.0 Å². The smallest absolute Gasteiger partial charge is 0.333 e. The van der Waals surface area contributed by atoms with Gasteiger partial charge in [0.05, 0.1) is 16.5 Å². The van der Waals surface area contributed by atoms with E-state index in [1.807, 2.05) is 6.92 Å². The third kappa shape index (κ3) is 4.69. The molecule has 3 atom stereocenters. The van der Waals surface area contributed by atoms with E-state index in [1.54, 1.807) is 6.92 Å². The summed E-state index contributed by atoms with van der Waals surface area (Å²) in [5.41, 5.74) is 0. The van der Waals surface area contributed by atoms with Crippen LogP contribution in [-0.4, -0.2) is 58.3 Å². The lowest BCUT2D eigenvalue weighted by atomic mass is 9.97. The largest absolute Gasteiger partial charge is 0.464 e. The van der Waals surface area contributed by atoms with E-state index in [-0.39, 0.29) is 24.3 Å². The van der Waals surface area contributed by atoms with Crippen molar-refractivity contribution in [3.8, 4) is 0 Å². The summed E-state index contributed by atoms with van der Waals surface area (Å²) in [7, 11) is 0. The van der Waals surface area contributed by atoms with Crippen LogP contribution in [0.15, 0.2) is 0 Å². The maximum Gasteiger partial charge on any atom is 0.333 e. The van der Waals surface area contributed by atoms with E-state index in [0.717, 1.165) is 19.3 Å². The van der Waals surface area contributed by atoms with E-state index >= 15 is 0 Å². The molecule has 2 aliphatic rings. The molecule has 0 aromatic carbocycles. The lowest BCUT2D eigenvalue weighted by Gasteiger charge is -2.37. The lowest BCUT2D eigenvalue weighted by Crippen LogP contribution is -2.58. The van der Waals surface area contributed by atoms with Crippen molar-refractivity contribution >= 4 is 35.6 Å². The molecule has 1 amide bonds. The van der Waals surface area contributed by atoms with E-state index < -0.39 is 35.5 Å². The van der Waals surface area contributed by atoms with Gasteiger partial charge >= 0.3 is 17.9 Å². The first kappa shape index (κ1) is 20.5. The molecule has 0 bridgehead atoms. The van der Waals surface area contributed by atoms with Gasteiger partial charge in [0.25, 0.3) is 0 Å². The molecular formula is C17H25NO7S. The van der Waals surface area contributed by atoms with E-state index in [1.165, 1.54) is 23.6 Å². The highest BCUT2D eigenvalue weighted by atomic mass is 32.2. The van der Waals surface area contributed by atoms with Crippen LogP contribution in [0.2, 0.25) is 0 Å². The highest BCUT2D eigenvalue weighted by Crippen LogP contribution is 2.51. The first-order valence-corrected chi connectivity index (χ1v) is 9.61. The molecule has 146 valence electrons. The number of thioether (sulfide) groups is 1. The van der Waals surface area contributed by atoms with Crippen LogP contribution in [0.5, 0.6) is 0 Å². The van der Waals surface area contributed by atoms with Crippen molar-refractivity contribution in [3.63, 3.8) is 0 Å². The minimum absolute atomic E-state index is 0.0101. The van der Waals surface area contributed by atoms with E-state index in [4.69, 9.17) is 14.2 Å². The van der Waals surface area contributed by atoms with Crippen molar-refractivity contribution < 1.29 is 33.4 Å². The fourth-order valence-electron chi connectivity index (χ4n) is 3.02. The maximum absolute atomic E-state index is 12.5. The van der Waals surface area contributed by atoms with Crippen molar-refractivity contribution in [1.29, 1.82) is 0 Å². The Morgan fingerprint density at radius 2 is 1.96 bits per heavy atom. The predicted octanol–water partition coefficient (Wildman–Crippen LogP) is 1.61. The Morgan fingerprint density at radius 3 is 2.58 bits per heavy atom. The Bertz CT molecular complexity index is 581. The summed E-state index contributed by atoms with van der Waals surface area (Å²) >= 11 is 1.42. The zero-order valence-electron chi connectivity index (χ0n) is 15.3. The number of carbonyl (C=O) groups excluding carboxylic acids is 4. The minimum Gasteiger partial charge on any atom is -0.464 e. The van der Waals surface area contributed by atoms with Crippen LogP contribution in [0.3, 0.4) is 0 Å². The summed E-state index contributed by atoms with van der Waals surface area (Å²) in [5.74, 6) is -1.69. The fourth-order valence-corrected chi connectivity index (χ4v) is 4.69. The standard InChI is InChI=1S/C17H25NO7S/c1-4-5-6-7-14(21)24-10-25-16(22)15-17(3,9-23-11(2)19)26-13-8-12(20)18(13)15/h13,15H,4-10H2,1-3H3. The van der Waals surface area contributed by atoms with Gasteiger partial charge in [-0.05, 0) is 13.3 Å². The number of hydrogen-bond acceptors (Lipinski definition) is 8. The molecule has 0 saturated carbocycles. The van der Waals surface area contributed by atoms with Gasteiger partial charge in [0.2, 0.25) is 12.7 Å². The molecular weight excluding hydrogens is 362 g/mol. The zero-order chi connectivity index (χ0) is 19.3. The Hall–Kier alpha value is -1.77. The lowest BCUT2D eigenvalue weighted by molar-refractivity contribution is -0.176. The number of rotatable bonds is 9.